The number of aromatic amines is 1. The van der Waals surface area contributed by atoms with E-state index in [1.54, 1.807) is 0 Å². The van der Waals surface area contributed by atoms with Crippen LogP contribution in [-0.2, 0) is 16.4 Å². The van der Waals surface area contributed by atoms with E-state index in [9.17, 15) is 12.8 Å². The van der Waals surface area contributed by atoms with Crippen molar-refractivity contribution in [2.24, 2.45) is 0 Å². The Hall–Kier alpha value is -2.09. The van der Waals surface area contributed by atoms with Crippen LogP contribution in [-0.4, -0.2) is 18.4 Å². The molecule has 1 aromatic heterocycles. The van der Waals surface area contributed by atoms with Gasteiger partial charge in [0.25, 0.3) is 10.0 Å². The molecule has 0 unspecified atom stereocenters. The van der Waals surface area contributed by atoms with Crippen molar-refractivity contribution in [2.75, 3.05) is 10.5 Å². The first-order chi connectivity index (χ1) is 8.92. The number of aromatic nitrogens is 2. The number of anilines is 2. The second-order valence-corrected chi connectivity index (χ2v) is 5.54. The zero-order chi connectivity index (χ0) is 14.0. The molecule has 0 spiro atoms. The van der Waals surface area contributed by atoms with Gasteiger partial charge in [-0.3, -0.25) is 4.72 Å². The molecule has 1 heterocycles. The number of nitrogen functional groups attached to an aromatic ring is 1. The first kappa shape index (κ1) is 13.3. The minimum absolute atomic E-state index is 0.111. The lowest BCUT2D eigenvalue weighted by molar-refractivity contribution is 0.595. The van der Waals surface area contributed by atoms with Gasteiger partial charge in [-0.25, -0.2) is 9.37 Å². The van der Waals surface area contributed by atoms with E-state index in [4.69, 9.17) is 5.73 Å². The van der Waals surface area contributed by atoms with Crippen molar-refractivity contribution in [2.45, 2.75) is 18.4 Å². The molecule has 0 saturated carbocycles. The van der Waals surface area contributed by atoms with E-state index in [1.807, 2.05) is 6.92 Å². The van der Waals surface area contributed by atoms with Crippen molar-refractivity contribution in [1.82, 2.24) is 9.97 Å². The second kappa shape index (κ2) is 4.88. The van der Waals surface area contributed by atoms with Crippen LogP contribution < -0.4 is 10.5 Å². The molecule has 6 nitrogen and oxygen atoms in total. The fourth-order valence-electron chi connectivity index (χ4n) is 1.47. The molecule has 2 aromatic rings. The minimum atomic E-state index is -3.89. The number of hydrogen-bond acceptors (Lipinski definition) is 4. The van der Waals surface area contributed by atoms with E-state index in [0.717, 1.165) is 6.07 Å². The average Bonchev–Trinajstić information content (AvgIpc) is 2.82. The predicted molar refractivity (Wildman–Crippen MR) is 69.6 cm³/mol. The summed E-state index contributed by atoms with van der Waals surface area (Å²) in [6.07, 6.45) is 1.77. The molecule has 0 fully saturated rings. The summed E-state index contributed by atoms with van der Waals surface area (Å²) < 4.78 is 39.6. The van der Waals surface area contributed by atoms with Crippen molar-refractivity contribution < 1.29 is 12.8 Å². The SMILES string of the molecule is CCc1ncc(S(=O)(=O)Nc2ccc(N)cc2F)[nH]1. The fourth-order valence-corrected chi connectivity index (χ4v) is 2.48. The number of nitrogens with two attached hydrogens (primary N) is 1. The molecule has 4 N–H and O–H groups in total. The molecule has 2 rings (SSSR count). The minimum Gasteiger partial charge on any atom is -0.399 e. The zero-order valence-corrected chi connectivity index (χ0v) is 11.0. The molecule has 0 aliphatic heterocycles. The summed E-state index contributed by atoms with van der Waals surface area (Å²) >= 11 is 0. The summed E-state index contributed by atoms with van der Waals surface area (Å²) in [7, 11) is -3.89. The van der Waals surface area contributed by atoms with Gasteiger partial charge in [0.05, 0.1) is 11.9 Å². The van der Waals surface area contributed by atoms with Crippen LogP contribution in [0, 0.1) is 5.82 Å². The summed E-state index contributed by atoms with van der Waals surface area (Å²) in [4.78, 5) is 6.54. The van der Waals surface area contributed by atoms with Gasteiger partial charge in [-0.15, -0.1) is 0 Å². The summed E-state index contributed by atoms with van der Waals surface area (Å²) in [5.41, 5.74) is 5.44. The van der Waals surface area contributed by atoms with Gasteiger partial charge in [-0.2, -0.15) is 8.42 Å². The maximum absolute atomic E-state index is 13.5. The van der Waals surface area contributed by atoms with E-state index in [2.05, 4.69) is 14.7 Å². The third kappa shape index (κ3) is 2.84. The van der Waals surface area contributed by atoms with Crippen LogP contribution in [0.25, 0.3) is 0 Å². The van der Waals surface area contributed by atoms with E-state index < -0.39 is 15.8 Å². The number of sulfonamides is 1. The third-order valence-electron chi connectivity index (χ3n) is 2.47. The Morgan fingerprint density at radius 2 is 2.21 bits per heavy atom. The smallest absolute Gasteiger partial charge is 0.279 e. The lowest BCUT2D eigenvalue weighted by atomic mass is 10.3. The topological polar surface area (TPSA) is 101 Å². The highest BCUT2D eigenvalue weighted by Crippen LogP contribution is 2.20. The Morgan fingerprint density at radius 3 is 2.79 bits per heavy atom. The second-order valence-electron chi connectivity index (χ2n) is 3.89. The van der Waals surface area contributed by atoms with Gasteiger partial charge < -0.3 is 10.7 Å². The summed E-state index contributed by atoms with van der Waals surface area (Å²) in [6, 6.07) is 3.72. The van der Waals surface area contributed by atoms with Gasteiger partial charge >= 0.3 is 0 Å². The third-order valence-corrected chi connectivity index (χ3v) is 3.74. The number of hydrogen-bond donors (Lipinski definition) is 3. The molecule has 0 bridgehead atoms. The van der Waals surface area contributed by atoms with Gasteiger partial charge in [0.2, 0.25) is 0 Å². The molecule has 0 aliphatic rings. The normalized spacial score (nSPS) is 11.5. The summed E-state index contributed by atoms with van der Waals surface area (Å²) in [6.45, 7) is 1.84. The Morgan fingerprint density at radius 1 is 1.47 bits per heavy atom. The van der Waals surface area contributed by atoms with Gasteiger partial charge in [-0.05, 0) is 18.2 Å². The maximum Gasteiger partial charge on any atom is 0.279 e. The van der Waals surface area contributed by atoms with Gasteiger partial charge in [0.1, 0.15) is 11.6 Å². The van der Waals surface area contributed by atoms with Crippen LogP contribution in [0.1, 0.15) is 12.7 Å². The van der Waals surface area contributed by atoms with E-state index >= 15 is 0 Å². The van der Waals surface area contributed by atoms with Gasteiger partial charge in [-0.1, -0.05) is 6.92 Å². The van der Waals surface area contributed by atoms with Crippen LogP contribution in [0.15, 0.2) is 29.4 Å². The summed E-state index contributed by atoms with van der Waals surface area (Å²) in [5, 5.41) is -0.111. The fraction of sp³-hybridized carbons (Fsp3) is 0.182. The molecule has 0 atom stereocenters. The van der Waals surface area contributed by atoms with Crippen molar-refractivity contribution in [3.05, 3.63) is 36.0 Å². The molecular weight excluding hydrogens is 271 g/mol. The molecule has 0 saturated heterocycles. The van der Waals surface area contributed by atoms with E-state index in [-0.39, 0.29) is 16.4 Å². The molecule has 102 valence electrons. The van der Waals surface area contributed by atoms with Crippen LogP contribution in [0.4, 0.5) is 15.8 Å². The highest BCUT2D eigenvalue weighted by molar-refractivity contribution is 7.92. The Bertz CT molecular complexity index is 696. The van der Waals surface area contributed by atoms with Crippen molar-refractivity contribution in [3.63, 3.8) is 0 Å². The van der Waals surface area contributed by atoms with Crippen LogP contribution in [0.5, 0.6) is 0 Å². The van der Waals surface area contributed by atoms with Crippen molar-refractivity contribution >= 4 is 21.4 Å². The highest BCUT2D eigenvalue weighted by atomic mass is 32.2. The van der Waals surface area contributed by atoms with Crippen molar-refractivity contribution in [3.8, 4) is 0 Å². The maximum atomic E-state index is 13.5. The van der Waals surface area contributed by atoms with E-state index in [0.29, 0.717) is 12.2 Å². The number of halogens is 1. The summed E-state index contributed by atoms with van der Waals surface area (Å²) in [5.74, 6) is -0.197. The van der Waals surface area contributed by atoms with E-state index in [1.165, 1.54) is 18.3 Å². The lowest BCUT2D eigenvalue weighted by Gasteiger charge is -2.07. The Kier molecular flexibility index (Phi) is 3.43. The number of aryl methyl sites for hydroxylation is 1. The highest BCUT2D eigenvalue weighted by Gasteiger charge is 2.18. The number of nitrogens with zero attached hydrogens (tertiary/aromatic N) is 1. The average molecular weight is 284 g/mol. The number of H-pyrrole nitrogens is 1. The Balaban J connectivity index is 2.30. The number of imidazole rings is 1. The number of nitrogens with one attached hydrogen (secondary N) is 2. The predicted octanol–water partition coefficient (Wildman–Crippen LogP) is 1.49. The first-order valence-electron chi connectivity index (χ1n) is 5.54. The zero-order valence-electron chi connectivity index (χ0n) is 10.1. The first-order valence-corrected chi connectivity index (χ1v) is 7.02. The lowest BCUT2D eigenvalue weighted by Crippen LogP contribution is -2.14. The molecule has 19 heavy (non-hydrogen) atoms. The van der Waals surface area contributed by atoms with Gasteiger partial charge in [0, 0.05) is 12.1 Å². The Labute approximate surface area is 109 Å². The van der Waals surface area contributed by atoms with Crippen LogP contribution in [0.2, 0.25) is 0 Å². The van der Waals surface area contributed by atoms with Crippen LogP contribution >= 0.6 is 0 Å². The van der Waals surface area contributed by atoms with Gasteiger partial charge in [0.15, 0.2) is 5.03 Å². The monoisotopic (exact) mass is 284 g/mol. The number of benzene rings is 1. The molecule has 1 aromatic carbocycles. The van der Waals surface area contributed by atoms with Crippen molar-refractivity contribution in [1.29, 1.82) is 0 Å². The van der Waals surface area contributed by atoms with Crippen LogP contribution in [0.3, 0.4) is 0 Å². The quantitative estimate of drug-likeness (QED) is 0.740. The molecule has 0 aliphatic carbocycles. The largest absolute Gasteiger partial charge is 0.399 e. The number of rotatable bonds is 4. The standard InChI is InChI=1S/C11H13FN4O2S/c1-2-10-14-6-11(15-10)19(17,18)16-9-4-3-7(13)5-8(9)12/h3-6,16H,2,13H2,1H3,(H,14,15). The molecule has 0 radical (unpaired) electrons. The molecule has 0 amide bonds. The molecule has 8 heteroatoms. The molecular formula is C11H13FN4O2S.